The minimum Gasteiger partial charge on any atom is -0.368 e. The molecule has 0 bridgehead atoms. The third-order valence-corrected chi connectivity index (χ3v) is 7.04. The van der Waals surface area contributed by atoms with Crippen LogP contribution in [0.15, 0.2) is 57.8 Å². The smallest absolute Gasteiger partial charge is 0.286 e. The van der Waals surface area contributed by atoms with Crippen LogP contribution in [0.2, 0.25) is 0 Å². The summed E-state index contributed by atoms with van der Waals surface area (Å²) in [6.45, 7) is 2.70. The second-order valence-corrected chi connectivity index (χ2v) is 9.17. The maximum atomic E-state index is 13.3. The second kappa shape index (κ2) is 8.03. The van der Waals surface area contributed by atoms with Gasteiger partial charge in [-0.25, -0.2) is 4.39 Å². The number of amides is 1. The quantitative estimate of drug-likeness (QED) is 0.799. The number of carbonyl (C=O) groups is 1. The van der Waals surface area contributed by atoms with Gasteiger partial charge < -0.3 is 15.1 Å². The summed E-state index contributed by atoms with van der Waals surface area (Å²) in [5.74, 6) is -0.650. The van der Waals surface area contributed by atoms with E-state index in [0.29, 0.717) is 13.1 Å². The lowest BCUT2D eigenvalue weighted by Gasteiger charge is -2.36. The highest BCUT2D eigenvalue weighted by molar-refractivity contribution is 8.15. The van der Waals surface area contributed by atoms with Gasteiger partial charge in [0, 0.05) is 31.9 Å². The lowest BCUT2D eigenvalue weighted by Crippen LogP contribution is -2.49. The van der Waals surface area contributed by atoms with Crippen molar-refractivity contribution in [1.29, 1.82) is 0 Å². The van der Waals surface area contributed by atoms with Gasteiger partial charge in [0.15, 0.2) is 5.17 Å². The summed E-state index contributed by atoms with van der Waals surface area (Å²) in [4.78, 5) is 16.3. The average Bonchev–Trinajstić information content (AvgIpc) is 2.73. The van der Waals surface area contributed by atoms with Gasteiger partial charge in [0.25, 0.3) is 10.0 Å². The van der Waals surface area contributed by atoms with E-state index >= 15 is 0 Å². The van der Waals surface area contributed by atoms with Crippen molar-refractivity contribution in [3.8, 4) is 0 Å². The molecule has 2 aromatic rings. The molecule has 0 spiro atoms. The highest BCUT2D eigenvalue weighted by Crippen LogP contribution is 2.30. The van der Waals surface area contributed by atoms with Crippen molar-refractivity contribution in [1.82, 2.24) is 4.90 Å². The number of thioether (sulfide) groups is 1. The molecule has 0 atom stereocenters. The maximum Gasteiger partial charge on any atom is 0.286 e. The number of halogens is 1. The van der Waals surface area contributed by atoms with E-state index in [0.717, 1.165) is 36.6 Å². The Kier molecular flexibility index (Phi) is 5.46. The van der Waals surface area contributed by atoms with Crippen molar-refractivity contribution in [2.45, 2.75) is 4.90 Å². The first-order valence-electron chi connectivity index (χ1n) is 9.04. The molecule has 0 radical (unpaired) electrons. The first-order chi connectivity index (χ1) is 13.9. The van der Waals surface area contributed by atoms with Crippen molar-refractivity contribution in [2.75, 3.05) is 42.1 Å². The Hall–Kier alpha value is -2.59. The van der Waals surface area contributed by atoms with E-state index in [4.69, 9.17) is 0 Å². The van der Waals surface area contributed by atoms with Crippen LogP contribution in [0.25, 0.3) is 0 Å². The summed E-state index contributed by atoms with van der Waals surface area (Å²) in [6.07, 6.45) is 0. The van der Waals surface area contributed by atoms with E-state index in [1.165, 1.54) is 12.1 Å². The van der Waals surface area contributed by atoms with Crippen molar-refractivity contribution in [3.05, 3.63) is 54.3 Å². The molecular formula is C19H19FN4O3S2. The molecule has 0 unspecified atom stereocenters. The van der Waals surface area contributed by atoms with Gasteiger partial charge in [0.1, 0.15) is 10.7 Å². The number of anilines is 2. The van der Waals surface area contributed by atoms with Crippen molar-refractivity contribution in [3.63, 3.8) is 0 Å². The Labute approximate surface area is 172 Å². The average molecular weight is 435 g/mol. The Morgan fingerprint density at radius 3 is 2.55 bits per heavy atom. The number of fused-ring (bicyclic) bond motifs is 1. The minimum absolute atomic E-state index is 0.0726. The van der Waals surface area contributed by atoms with Crippen molar-refractivity contribution < 1.29 is 17.6 Å². The normalized spacial score (nSPS) is 17.9. The molecule has 29 heavy (non-hydrogen) atoms. The van der Waals surface area contributed by atoms with E-state index < -0.39 is 15.8 Å². The number of piperazine rings is 1. The van der Waals surface area contributed by atoms with E-state index in [1.807, 2.05) is 30.3 Å². The third-order valence-electron chi connectivity index (χ3n) is 4.75. The molecule has 1 amide bonds. The molecule has 7 nitrogen and oxygen atoms in total. The zero-order valence-corrected chi connectivity index (χ0v) is 17.0. The molecule has 2 aliphatic rings. The van der Waals surface area contributed by atoms with Crippen molar-refractivity contribution in [2.24, 2.45) is 4.40 Å². The molecule has 4 rings (SSSR count). The van der Waals surface area contributed by atoms with Crippen LogP contribution < -0.4 is 10.2 Å². The van der Waals surface area contributed by atoms with E-state index in [1.54, 1.807) is 4.90 Å². The topological polar surface area (TPSA) is 82.1 Å². The van der Waals surface area contributed by atoms with Crippen LogP contribution in [0.5, 0.6) is 0 Å². The van der Waals surface area contributed by atoms with Crippen LogP contribution in [0.4, 0.5) is 15.8 Å². The maximum absolute atomic E-state index is 13.3. The van der Waals surface area contributed by atoms with Gasteiger partial charge in [-0.15, -0.1) is 4.40 Å². The molecule has 0 saturated carbocycles. The summed E-state index contributed by atoms with van der Waals surface area (Å²) in [5.41, 5.74) is 1.39. The number of hydrogen-bond acceptors (Lipinski definition) is 6. The van der Waals surface area contributed by atoms with Gasteiger partial charge in [0.2, 0.25) is 5.91 Å². The summed E-state index contributed by atoms with van der Waals surface area (Å²) in [5, 5.41) is 2.97. The highest BCUT2D eigenvalue weighted by atomic mass is 32.2. The Balaban J connectivity index is 1.34. The van der Waals surface area contributed by atoms with Crippen LogP contribution in [0.1, 0.15) is 0 Å². The molecule has 0 aliphatic carbocycles. The zero-order valence-electron chi connectivity index (χ0n) is 15.4. The Bertz CT molecular complexity index is 1050. The molecule has 1 saturated heterocycles. The fraction of sp³-hybridized carbons (Fsp3) is 0.263. The fourth-order valence-electron chi connectivity index (χ4n) is 3.25. The largest absolute Gasteiger partial charge is 0.368 e. The number of amidine groups is 1. The molecule has 2 aliphatic heterocycles. The molecule has 10 heteroatoms. The number of nitrogens with one attached hydrogen (secondary N) is 1. The van der Waals surface area contributed by atoms with Crippen LogP contribution in [0, 0.1) is 5.82 Å². The number of benzene rings is 2. The van der Waals surface area contributed by atoms with Crippen LogP contribution in [-0.2, 0) is 14.8 Å². The van der Waals surface area contributed by atoms with E-state index in [9.17, 15) is 17.6 Å². The molecule has 2 heterocycles. The molecule has 0 aromatic heterocycles. The number of hydrogen-bond donors (Lipinski definition) is 1. The molecule has 152 valence electrons. The van der Waals surface area contributed by atoms with Gasteiger partial charge >= 0.3 is 0 Å². The highest BCUT2D eigenvalue weighted by Gasteiger charge is 2.27. The van der Waals surface area contributed by atoms with Crippen LogP contribution >= 0.6 is 11.8 Å². The molecule has 2 aromatic carbocycles. The zero-order chi connectivity index (χ0) is 20.4. The number of para-hydroxylation sites is 1. The van der Waals surface area contributed by atoms with Gasteiger partial charge in [0.05, 0.1) is 11.4 Å². The number of sulfonamides is 1. The fourth-order valence-corrected chi connectivity index (χ4v) is 5.40. The van der Waals surface area contributed by atoms with Gasteiger partial charge in [-0.1, -0.05) is 30.0 Å². The molecule has 1 fully saturated rings. The van der Waals surface area contributed by atoms with Crippen molar-refractivity contribution >= 4 is 44.2 Å². The molecular weight excluding hydrogens is 415 g/mol. The number of rotatable bonds is 3. The first kappa shape index (κ1) is 19.7. The summed E-state index contributed by atoms with van der Waals surface area (Å²) in [7, 11) is -3.99. The predicted molar refractivity (Wildman–Crippen MR) is 112 cm³/mol. The van der Waals surface area contributed by atoms with Gasteiger partial charge in [-0.3, -0.25) is 4.79 Å². The summed E-state index contributed by atoms with van der Waals surface area (Å²) in [6, 6.07) is 13.5. The summed E-state index contributed by atoms with van der Waals surface area (Å²) < 4.78 is 41.5. The Morgan fingerprint density at radius 1 is 1.10 bits per heavy atom. The number of nitrogens with zero attached hydrogens (tertiary/aromatic N) is 3. The Morgan fingerprint density at radius 2 is 1.83 bits per heavy atom. The first-order valence-corrected chi connectivity index (χ1v) is 11.5. The molecule has 1 N–H and O–H groups in total. The number of carbonyl (C=O) groups excluding carboxylic acids is 1. The lowest BCUT2D eigenvalue weighted by molar-refractivity contribution is -0.128. The van der Waals surface area contributed by atoms with E-state index in [-0.39, 0.29) is 27.4 Å². The standard InChI is InChI=1S/C19H19FN4O3S2/c20-14-6-7-16-17(12-14)29(26,27)22-19(21-16)28-13-18(25)24-10-8-23(9-11-24)15-4-2-1-3-5-15/h1-7,12H,8-11,13H2,(H,21,22). The van der Waals surface area contributed by atoms with Gasteiger partial charge in [-0.05, 0) is 30.3 Å². The van der Waals surface area contributed by atoms with Crippen LogP contribution in [-0.4, -0.2) is 56.3 Å². The monoisotopic (exact) mass is 434 g/mol. The van der Waals surface area contributed by atoms with Gasteiger partial charge in [-0.2, -0.15) is 8.42 Å². The summed E-state index contributed by atoms with van der Waals surface area (Å²) >= 11 is 1.03. The SMILES string of the molecule is O=C(CSC1=NS(=O)(=O)c2cc(F)ccc2N1)N1CCN(c2ccccc2)CC1. The van der Waals surface area contributed by atoms with E-state index in [2.05, 4.69) is 14.6 Å². The lowest BCUT2D eigenvalue weighted by atomic mass is 10.2. The van der Waals surface area contributed by atoms with Crippen LogP contribution in [0.3, 0.4) is 0 Å². The predicted octanol–water partition coefficient (Wildman–Crippen LogP) is 2.38. The third kappa shape index (κ3) is 4.38. The minimum atomic E-state index is -3.99. The second-order valence-electron chi connectivity index (χ2n) is 6.63.